The molecule has 1 saturated heterocycles. The number of esters is 1. The van der Waals surface area contributed by atoms with Crippen LogP contribution in [0.15, 0.2) is 24.3 Å². The van der Waals surface area contributed by atoms with Crippen molar-refractivity contribution >= 4 is 5.97 Å². The SMILES string of the molecule is COC(=O)C1CNCC1(C)c1ccc(CC(C)C)cc1. The molecule has 0 radical (unpaired) electrons. The smallest absolute Gasteiger partial charge is 0.310 e. The van der Waals surface area contributed by atoms with Gasteiger partial charge in [0.05, 0.1) is 13.0 Å². The van der Waals surface area contributed by atoms with Crippen LogP contribution in [0.1, 0.15) is 31.9 Å². The van der Waals surface area contributed by atoms with Crippen LogP contribution in [0.25, 0.3) is 0 Å². The van der Waals surface area contributed by atoms with Gasteiger partial charge in [0.25, 0.3) is 0 Å². The van der Waals surface area contributed by atoms with Gasteiger partial charge in [0.15, 0.2) is 0 Å². The molecule has 1 N–H and O–H groups in total. The number of rotatable bonds is 4. The molecule has 0 aromatic heterocycles. The molecule has 2 atom stereocenters. The quantitative estimate of drug-likeness (QED) is 0.858. The molecule has 0 amide bonds. The molecular formula is C17H25NO2. The molecule has 0 aliphatic carbocycles. The van der Waals surface area contributed by atoms with Crippen molar-refractivity contribution in [1.82, 2.24) is 5.32 Å². The van der Waals surface area contributed by atoms with Gasteiger partial charge in [-0.15, -0.1) is 0 Å². The average Bonchev–Trinajstić information content (AvgIpc) is 2.81. The topological polar surface area (TPSA) is 38.3 Å². The van der Waals surface area contributed by atoms with Gasteiger partial charge in [0, 0.05) is 18.5 Å². The van der Waals surface area contributed by atoms with Crippen LogP contribution in [0.2, 0.25) is 0 Å². The second kappa shape index (κ2) is 5.96. The molecule has 3 heteroatoms. The first-order valence-corrected chi connectivity index (χ1v) is 7.35. The fourth-order valence-corrected chi connectivity index (χ4v) is 3.11. The first-order chi connectivity index (χ1) is 9.47. The molecule has 1 heterocycles. The highest BCUT2D eigenvalue weighted by Crippen LogP contribution is 2.36. The Kier molecular flexibility index (Phi) is 4.48. The van der Waals surface area contributed by atoms with E-state index in [1.54, 1.807) is 0 Å². The first kappa shape index (κ1) is 15.0. The number of methoxy groups -OCH3 is 1. The molecule has 3 nitrogen and oxygen atoms in total. The Bertz CT molecular complexity index is 466. The lowest BCUT2D eigenvalue weighted by molar-refractivity contribution is -0.146. The van der Waals surface area contributed by atoms with Crippen molar-refractivity contribution in [3.8, 4) is 0 Å². The van der Waals surface area contributed by atoms with Gasteiger partial charge in [-0.1, -0.05) is 45.0 Å². The van der Waals surface area contributed by atoms with Crippen LogP contribution >= 0.6 is 0 Å². The van der Waals surface area contributed by atoms with Gasteiger partial charge >= 0.3 is 5.97 Å². The number of carbonyl (C=O) groups is 1. The Morgan fingerprint density at radius 3 is 2.60 bits per heavy atom. The Morgan fingerprint density at radius 1 is 1.40 bits per heavy atom. The molecule has 1 aliphatic rings. The molecule has 1 fully saturated rings. The molecule has 2 rings (SSSR count). The summed E-state index contributed by atoms with van der Waals surface area (Å²) in [5, 5.41) is 3.32. The van der Waals surface area contributed by atoms with E-state index in [4.69, 9.17) is 4.74 Å². The molecule has 110 valence electrons. The Morgan fingerprint density at radius 2 is 2.05 bits per heavy atom. The Labute approximate surface area is 121 Å². The summed E-state index contributed by atoms with van der Waals surface area (Å²) < 4.78 is 4.95. The lowest BCUT2D eigenvalue weighted by Gasteiger charge is -2.29. The van der Waals surface area contributed by atoms with E-state index < -0.39 is 0 Å². The number of nitrogens with one attached hydrogen (secondary N) is 1. The molecule has 0 spiro atoms. The van der Waals surface area contributed by atoms with Gasteiger partial charge in [-0.25, -0.2) is 0 Å². The van der Waals surface area contributed by atoms with Crippen molar-refractivity contribution < 1.29 is 9.53 Å². The minimum atomic E-state index is -0.177. The summed E-state index contributed by atoms with van der Waals surface area (Å²) >= 11 is 0. The summed E-state index contributed by atoms with van der Waals surface area (Å²) in [7, 11) is 1.47. The summed E-state index contributed by atoms with van der Waals surface area (Å²) in [5.74, 6) is 0.430. The number of benzene rings is 1. The Hall–Kier alpha value is -1.35. The van der Waals surface area contributed by atoms with E-state index in [2.05, 4.69) is 50.4 Å². The Balaban J connectivity index is 2.23. The maximum absolute atomic E-state index is 12.0. The van der Waals surface area contributed by atoms with E-state index in [1.165, 1.54) is 18.2 Å². The molecule has 0 bridgehead atoms. The number of hydrogen-bond acceptors (Lipinski definition) is 3. The lowest BCUT2D eigenvalue weighted by Crippen LogP contribution is -2.37. The average molecular weight is 275 g/mol. The maximum Gasteiger partial charge on any atom is 0.310 e. The van der Waals surface area contributed by atoms with E-state index in [0.717, 1.165) is 13.0 Å². The molecule has 20 heavy (non-hydrogen) atoms. The van der Waals surface area contributed by atoms with E-state index in [0.29, 0.717) is 12.5 Å². The predicted molar refractivity (Wildman–Crippen MR) is 80.7 cm³/mol. The van der Waals surface area contributed by atoms with Gasteiger partial charge in [-0.3, -0.25) is 4.79 Å². The van der Waals surface area contributed by atoms with Crippen LogP contribution < -0.4 is 5.32 Å². The molecule has 2 unspecified atom stereocenters. The second-order valence-electron chi connectivity index (χ2n) is 6.42. The summed E-state index contributed by atoms with van der Waals surface area (Å²) in [6.45, 7) is 8.10. The lowest BCUT2D eigenvalue weighted by atomic mass is 9.74. The monoisotopic (exact) mass is 275 g/mol. The van der Waals surface area contributed by atoms with Crippen LogP contribution in [0.5, 0.6) is 0 Å². The van der Waals surface area contributed by atoms with Crippen LogP contribution in [-0.2, 0) is 21.4 Å². The van der Waals surface area contributed by atoms with Crippen molar-refractivity contribution in [3.63, 3.8) is 0 Å². The minimum Gasteiger partial charge on any atom is -0.469 e. The number of ether oxygens (including phenoxy) is 1. The van der Waals surface area contributed by atoms with Crippen molar-refractivity contribution in [1.29, 1.82) is 0 Å². The fourth-order valence-electron chi connectivity index (χ4n) is 3.11. The minimum absolute atomic E-state index is 0.108. The van der Waals surface area contributed by atoms with Crippen LogP contribution in [0.3, 0.4) is 0 Å². The molecule has 0 saturated carbocycles. The highest BCUT2D eigenvalue weighted by molar-refractivity contribution is 5.75. The van der Waals surface area contributed by atoms with E-state index in [-0.39, 0.29) is 17.3 Å². The van der Waals surface area contributed by atoms with Crippen molar-refractivity contribution in [2.75, 3.05) is 20.2 Å². The van der Waals surface area contributed by atoms with E-state index in [1.807, 2.05) is 0 Å². The van der Waals surface area contributed by atoms with Gasteiger partial charge in [-0.2, -0.15) is 0 Å². The van der Waals surface area contributed by atoms with Crippen molar-refractivity contribution in [2.24, 2.45) is 11.8 Å². The first-order valence-electron chi connectivity index (χ1n) is 7.35. The van der Waals surface area contributed by atoms with E-state index in [9.17, 15) is 4.79 Å². The second-order valence-corrected chi connectivity index (χ2v) is 6.42. The fraction of sp³-hybridized carbons (Fsp3) is 0.588. The molecular weight excluding hydrogens is 250 g/mol. The van der Waals surface area contributed by atoms with E-state index >= 15 is 0 Å². The number of hydrogen-bond donors (Lipinski definition) is 1. The van der Waals surface area contributed by atoms with Gasteiger partial charge < -0.3 is 10.1 Å². The van der Waals surface area contributed by atoms with Crippen molar-refractivity contribution in [3.05, 3.63) is 35.4 Å². The van der Waals surface area contributed by atoms with Crippen LogP contribution in [-0.4, -0.2) is 26.2 Å². The van der Waals surface area contributed by atoms with Crippen LogP contribution in [0, 0.1) is 11.8 Å². The standard InChI is InChI=1S/C17H25NO2/c1-12(2)9-13-5-7-14(8-6-13)17(3)11-18-10-15(17)16(19)20-4/h5-8,12,15,18H,9-11H2,1-4H3. The zero-order chi connectivity index (χ0) is 14.8. The third kappa shape index (κ3) is 2.88. The summed E-state index contributed by atoms with van der Waals surface area (Å²) in [4.78, 5) is 12.0. The maximum atomic E-state index is 12.0. The largest absolute Gasteiger partial charge is 0.469 e. The van der Waals surface area contributed by atoms with Gasteiger partial charge in [-0.05, 0) is 23.5 Å². The van der Waals surface area contributed by atoms with Crippen molar-refractivity contribution in [2.45, 2.75) is 32.6 Å². The molecule has 1 aromatic rings. The zero-order valence-corrected chi connectivity index (χ0v) is 12.9. The highest BCUT2D eigenvalue weighted by Gasteiger charge is 2.45. The normalized spacial score (nSPS) is 25.9. The van der Waals surface area contributed by atoms with Gasteiger partial charge in [0.2, 0.25) is 0 Å². The summed E-state index contributed by atoms with van der Waals surface area (Å²) in [5.41, 5.74) is 2.39. The van der Waals surface area contributed by atoms with Gasteiger partial charge in [0.1, 0.15) is 0 Å². The molecule has 1 aromatic carbocycles. The summed E-state index contributed by atoms with van der Waals surface area (Å²) in [6, 6.07) is 8.71. The predicted octanol–water partition coefficient (Wildman–Crippen LogP) is 2.54. The highest BCUT2D eigenvalue weighted by atomic mass is 16.5. The van der Waals surface area contributed by atoms with Crippen LogP contribution in [0.4, 0.5) is 0 Å². The third-order valence-electron chi connectivity index (χ3n) is 4.35. The number of carbonyl (C=O) groups excluding carboxylic acids is 1. The summed E-state index contributed by atoms with van der Waals surface area (Å²) in [6.07, 6.45) is 1.09. The molecule has 1 aliphatic heterocycles. The zero-order valence-electron chi connectivity index (χ0n) is 12.9. The third-order valence-corrected chi connectivity index (χ3v) is 4.35.